The predicted octanol–water partition coefficient (Wildman–Crippen LogP) is 2.48. The lowest BCUT2D eigenvalue weighted by molar-refractivity contribution is 0.269. The van der Waals surface area contributed by atoms with E-state index in [4.69, 9.17) is 5.73 Å². The van der Waals surface area contributed by atoms with E-state index in [1.165, 1.54) is 43.4 Å². The molecule has 2 nitrogen and oxygen atoms in total. The Labute approximate surface area is 109 Å². The van der Waals surface area contributed by atoms with Crippen molar-refractivity contribution in [2.75, 3.05) is 13.1 Å². The van der Waals surface area contributed by atoms with Crippen LogP contribution in [0.5, 0.6) is 0 Å². The summed E-state index contributed by atoms with van der Waals surface area (Å²) in [7, 11) is 0. The normalized spacial score (nSPS) is 24.1. The lowest BCUT2D eigenvalue weighted by atomic mass is 9.84. The number of halogens is 1. The Morgan fingerprint density at radius 2 is 1.89 bits per heavy atom. The van der Waals surface area contributed by atoms with E-state index in [1.807, 2.05) is 12.1 Å². The van der Waals surface area contributed by atoms with E-state index in [0.717, 1.165) is 19.5 Å². The summed E-state index contributed by atoms with van der Waals surface area (Å²) in [6.07, 6.45) is 6.08. The molecule has 0 bridgehead atoms. The van der Waals surface area contributed by atoms with Crippen molar-refractivity contribution in [2.45, 2.75) is 38.1 Å². The minimum absolute atomic E-state index is 0.165. The van der Waals surface area contributed by atoms with Gasteiger partial charge in [0.1, 0.15) is 5.82 Å². The van der Waals surface area contributed by atoms with Crippen molar-refractivity contribution in [1.29, 1.82) is 0 Å². The van der Waals surface area contributed by atoms with Crippen molar-refractivity contribution in [1.82, 2.24) is 5.32 Å². The Kier molecular flexibility index (Phi) is 5.14. The van der Waals surface area contributed by atoms with Gasteiger partial charge >= 0.3 is 0 Å². The summed E-state index contributed by atoms with van der Waals surface area (Å²) in [6, 6.07) is 7.35. The maximum Gasteiger partial charge on any atom is 0.123 e. The largest absolute Gasteiger partial charge is 0.330 e. The predicted molar refractivity (Wildman–Crippen MR) is 72.9 cm³/mol. The van der Waals surface area contributed by atoms with Gasteiger partial charge in [-0.3, -0.25) is 0 Å². The monoisotopic (exact) mass is 250 g/mol. The van der Waals surface area contributed by atoms with Crippen LogP contribution in [0.25, 0.3) is 0 Å². The summed E-state index contributed by atoms with van der Waals surface area (Å²) in [5.74, 6) is 0.467. The molecular formula is C15H23FN2. The molecule has 1 aromatic carbocycles. The van der Waals surface area contributed by atoms with Crippen LogP contribution in [0.4, 0.5) is 4.39 Å². The minimum atomic E-state index is -0.165. The summed E-state index contributed by atoms with van der Waals surface area (Å²) in [5, 5.41) is 3.61. The fourth-order valence-electron chi connectivity index (χ4n) is 2.81. The quantitative estimate of drug-likeness (QED) is 0.842. The van der Waals surface area contributed by atoms with E-state index in [1.54, 1.807) is 0 Å². The molecule has 1 aromatic rings. The fraction of sp³-hybridized carbons (Fsp3) is 0.600. The van der Waals surface area contributed by atoms with Gasteiger partial charge in [0, 0.05) is 6.04 Å². The number of benzene rings is 1. The molecule has 1 fully saturated rings. The fourth-order valence-corrected chi connectivity index (χ4v) is 2.81. The molecule has 3 heteroatoms. The summed E-state index contributed by atoms with van der Waals surface area (Å²) < 4.78 is 12.8. The van der Waals surface area contributed by atoms with E-state index in [0.29, 0.717) is 12.0 Å². The Bertz CT molecular complexity index is 350. The lowest BCUT2D eigenvalue weighted by Crippen LogP contribution is -2.42. The van der Waals surface area contributed by atoms with Crippen LogP contribution in [-0.2, 0) is 6.42 Å². The van der Waals surface area contributed by atoms with Gasteiger partial charge in [0.2, 0.25) is 0 Å². The maximum atomic E-state index is 12.8. The molecule has 18 heavy (non-hydrogen) atoms. The molecule has 1 aliphatic rings. The Balaban J connectivity index is 1.75. The highest BCUT2D eigenvalue weighted by molar-refractivity contribution is 5.16. The number of nitrogens with two attached hydrogens (primary N) is 1. The van der Waals surface area contributed by atoms with Gasteiger partial charge in [-0.05, 0) is 56.0 Å². The smallest absolute Gasteiger partial charge is 0.123 e. The van der Waals surface area contributed by atoms with Crippen molar-refractivity contribution >= 4 is 0 Å². The van der Waals surface area contributed by atoms with E-state index < -0.39 is 0 Å². The highest BCUT2D eigenvalue weighted by atomic mass is 19.1. The number of nitrogens with one attached hydrogen (secondary N) is 1. The first-order chi connectivity index (χ1) is 8.79. The van der Waals surface area contributed by atoms with Crippen molar-refractivity contribution in [2.24, 2.45) is 11.7 Å². The molecule has 0 amide bonds. The molecule has 0 aromatic heterocycles. The molecule has 2 rings (SSSR count). The molecule has 2 unspecified atom stereocenters. The van der Waals surface area contributed by atoms with Gasteiger partial charge < -0.3 is 11.1 Å². The summed E-state index contributed by atoms with van der Waals surface area (Å²) in [6.45, 7) is 1.74. The summed E-state index contributed by atoms with van der Waals surface area (Å²) in [5.41, 5.74) is 7.00. The standard InChI is InChI=1S/C15H23FN2/c16-14-7-5-12(6-8-14)9-10-18-15-4-2-1-3-13(15)11-17/h5-8,13,15,18H,1-4,9-11,17H2. The van der Waals surface area contributed by atoms with Crippen LogP contribution in [0.15, 0.2) is 24.3 Å². The van der Waals surface area contributed by atoms with Gasteiger partial charge in [-0.25, -0.2) is 4.39 Å². The number of hydrogen-bond donors (Lipinski definition) is 2. The highest BCUT2D eigenvalue weighted by Crippen LogP contribution is 2.23. The molecule has 0 spiro atoms. The number of hydrogen-bond acceptors (Lipinski definition) is 2. The topological polar surface area (TPSA) is 38.0 Å². The molecule has 0 saturated heterocycles. The van der Waals surface area contributed by atoms with E-state index >= 15 is 0 Å². The Morgan fingerprint density at radius 3 is 2.61 bits per heavy atom. The maximum absolute atomic E-state index is 12.8. The molecule has 3 N–H and O–H groups in total. The first-order valence-electron chi connectivity index (χ1n) is 6.97. The average Bonchev–Trinajstić information content (AvgIpc) is 2.41. The third kappa shape index (κ3) is 3.79. The first kappa shape index (κ1) is 13.5. The SMILES string of the molecule is NCC1CCCCC1NCCc1ccc(F)cc1. The van der Waals surface area contributed by atoms with Crippen molar-refractivity contribution < 1.29 is 4.39 Å². The zero-order valence-corrected chi connectivity index (χ0v) is 10.9. The molecule has 1 saturated carbocycles. The summed E-state index contributed by atoms with van der Waals surface area (Å²) >= 11 is 0. The van der Waals surface area contributed by atoms with Crippen molar-refractivity contribution in [3.63, 3.8) is 0 Å². The number of rotatable bonds is 5. The van der Waals surface area contributed by atoms with Crippen LogP contribution in [0, 0.1) is 11.7 Å². The second-order valence-corrected chi connectivity index (χ2v) is 5.22. The van der Waals surface area contributed by atoms with E-state index in [2.05, 4.69) is 5.32 Å². The van der Waals surface area contributed by atoms with Gasteiger partial charge in [0.05, 0.1) is 0 Å². The van der Waals surface area contributed by atoms with Gasteiger partial charge in [-0.15, -0.1) is 0 Å². The van der Waals surface area contributed by atoms with Gasteiger partial charge in [-0.2, -0.15) is 0 Å². The third-order valence-corrected chi connectivity index (χ3v) is 3.95. The zero-order chi connectivity index (χ0) is 12.8. The van der Waals surface area contributed by atoms with Crippen LogP contribution in [0.3, 0.4) is 0 Å². The molecule has 0 radical (unpaired) electrons. The molecule has 1 aliphatic carbocycles. The average molecular weight is 250 g/mol. The molecule has 0 aliphatic heterocycles. The van der Waals surface area contributed by atoms with E-state index in [9.17, 15) is 4.39 Å². The van der Waals surface area contributed by atoms with Crippen molar-refractivity contribution in [3.05, 3.63) is 35.6 Å². The van der Waals surface area contributed by atoms with Gasteiger partial charge in [0.15, 0.2) is 0 Å². The molecule has 2 atom stereocenters. The second kappa shape index (κ2) is 6.86. The van der Waals surface area contributed by atoms with Crippen LogP contribution in [-0.4, -0.2) is 19.1 Å². The van der Waals surface area contributed by atoms with E-state index in [-0.39, 0.29) is 5.82 Å². The lowest BCUT2D eigenvalue weighted by Gasteiger charge is -2.31. The molecule has 0 heterocycles. The van der Waals surface area contributed by atoms with Gasteiger partial charge in [-0.1, -0.05) is 25.0 Å². The highest BCUT2D eigenvalue weighted by Gasteiger charge is 2.22. The summed E-state index contributed by atoms with van der Waals surface area (Å²) in [4.78, 5) is 0. The van der Waals surface area contributed by atoms with Crippen molar-refractivity contribution in [3.8, 4) is 0 Å². The van der Waals surface area contributed by atoms with Crippen LogP contribution >= 0.6 is 0 Å². The van der Waals surface area contributed by atoms with Gasteiger partial charge in [0.25, 0.3) is 0 Å². The molecular weight excluding hydrogens is 227 g/mol. The second-order valence-electron chi connectivity index (χ2n) is 5.22. The van der Waals surface area contributed by atoms with Crippen LogP contribution < -0.4 is 11.1 Å². The first-order valence-corrected chi connectivity index (χ1v) is 6.97. The van der Waals surface area contributed by atoms with Crippen LogP contribution in [0.1, 0.15) is 31.2 Å². The zero-order valence-electron chi connectivity index (χ0n) is 10.9. The molecule has 100 valence electrons. The Hall–Kier alpha value is -0.930. The van der Waals surface area contributed by atoms with Crippen LogP contribution in [0.2, 0.25) is 0 Å². The minimum Gasteiger partial charge on any atom is -0.330 e. The Morgan fingerprint density at radius 1 is 1.17 bits per heavy atom. The third-order valence-electron chi connectivity index (χ3n) is 3.95.